The Balaban J connectivity index is 1.51. The van der Waals surface area contributed by atoms with Crippen LogP contribution in [-0.4, -0.2) is 59.4 Å². The Morgan fingerprint density at radius 2 is 1.71 bits per heavy atom. The zero-order valence-electron chi connectivity index (χ0n) is 21.1. The van der Waals surface area contributed by atoms with Crippen LogP contribution in [0.5, 0.6) is 11.5 Å². The number of rotatable bonds is 13. The van der Waals surface area contributed by atoms with Crippen LogP contribution in [0.1, 0.15) is 33.3 Å². The number of ether oxygens (including phenoxy) is 2. The summed E-state index contributed by atoms with van der Waals surface area (Å²) in [5, 5.41) is 8.96. The Morgan fingerprint density at radius 3 is 2.49 bits per heavy atom. The molecule has 0 bridgehead atoms. The molecule has 8 nitrogen and oxygen atoms in total. The van der Waals surface area contributed by atoms with Gasteiger partial charge < -0.3 is 29.2 Å². The van der Waals surface area contributed by atoms with Crippen LogP contribution in [0.3, 0.4) is 0 Å². The zero-order chi connectivity index (χ0) is 24.6. The third-order valence-corrected chi connectivity index (χ3v) is 6.06. The average Bonchev–Trinajstić information content (AvgIpc) is 3.53. The number of aromatic amines is 1. The fourth-order valence-electron chi connectivity index (χ4n) is 4.11. The van der Waals surface area contributed by atoms with E-state index < -0.39 is 0 Å². The molecule has 0 unspecified atom stereocenters. The van der Waals surface area contributed by atoms with Crippen LogP contribution in [0, 0.1) is 0 Å². The summed E-state index contributed by atoms with van der Waals surface area (Å²) in [6, 6.07) is 11.8. The first-order chi connectivity index (χ1) is 17.2. The van der Waals surface area contributed by atoms with E-state index in [0.717, 1.165) is 54.8 Å². The summed E-state index contributed by atoms with van der Waals surface area (Å²) in [6.07, 6.45) is 2.07. The molecule has 0 saturated carbocycles. The summed E-state index contributed by atoms with van der Waals surface area (Å²) in [6.45, 7) is 14.3. The lowest BCUT2D eigenvalue weighted by Gasteiger charge is -2.17. The van der Waals surface area contributed by atoms with Crippen LogP contribution in [0.4, 0.5) is 0 Å². The van der Waals surface area contributed by atoms with Gasteiger partial charge in [0.1, 0.15) is 0 Å². The van der Waals surface area contributed by atoms with Gasteiger partial charge in [-0.15, -0.1) is 0 Å². The average molecular weight is 478 g/mol. The lowest BCUT2D eigenvalue weighted by molar-refractivity contribution is 0.288. The zero-order valence-corrected chi connectivity index (χ0v) is 21.1. The molecule has 0 aliphatic heterocycles. The number of hydrogen-bond donors (Lipinski definition) is 2. The monoisotopic (exact) mass is 477 g/mol. The van der Waals surface area contributed by atoms with E-state index in [9.17, 15) is 0 Å². The molecule has 2 N–H and O–H groups in total. The smallest absolute Gasteiger partial charge is 0.258 e. The Labute approximate surface area is 206 Å². The van der Waals surface area contributed by atoms with Crippen molar-refractivity contribution in [3.8, 4) is 34.3 Å². The molecule has 0 spiro atoms. The molecular weight excluding hydrogens is 442 g/mol. The molecule has 2 heterocycles. The predicted molar refractivity (Wildman–Crippen MR) is 139 cm³/mol. The molecule has 0 aliphatic carbocycles. The molecule has 0 saturated heterocycles. The SMILES string of the molecule is CCOc1ccc(-c2nc(-c3ccc4[nH]cc(CNCCN(CC)CC)c4c3)no2)cc1OCC. The molecule has 0 aliphatic rings. The van der Waals surface area contributed by atoms with E-state index in [1.165, 1.54) is 5.56 Å². The van der Waals surface area contributed by atoms with Gasteiger partial charge in [-0.1, -0.05) is 19.0 Å². The highest BCUT2D eigenvalue weighted by molar-refractivity contribution is 5.87. The van der Waals surface area contributed by atoms with Crippen molar-refractivity contribution >= 4 is 10.9 Å². The van der Waals surface area contributed by atoms with E-state index in [1.807, 2.05) is 38.1 Å². The first kappa shape index (κ1) is 24.8. The minimum Gasteiger partial charge on any atom is -0.490 e. The van der Waals surface area contributed by atoms with Gasteiger partial charge in [0.15, 0.2) is 11.5 Å². The van der Waals surface area contributed by atoms with Gasteiger partial charge in [-0.05, 0) is 68.9 Å². The summed E-state index contributed by atoms with van der Waals surface area (Å²) in [5.74, 6) is 2.36. The van der Waals surface area contributed by atoms with E-state index in [2.05, 4.69) is 57.5 Å². The van der Waals surface area contributed by atoms with E-state index in [-0.39, 0.29) is 0 Å². The molecule has 0 atom stereocenters. The Morgan fingerprint density at radius 1 is 0.943 bits per heavy atom. The second kappa shape index (κ2) is 11.9. The van der Waals surface area contributed by atoms with E-state index in [0.29, 0.717) is 36.4 Å². The topological polar surface area (TPSA) is 88.4 Å². The fourth-order valence-corrected chi connectivity index (χ4v) is 4.11. The molecule has 0 amide bonds. The number of aromatic nitrogens is 3. The third-order valence-electron chi connectivity index (χ3n) is 6.06. The highest BCUT2D eigenvalue weighted by atomic mass is 16.5. The van der Waals surface area contributed by atoms with Crippen molar-refractivity contribution < 1.29 is 14.0 Å². The molecule has 2 aromatic heterocycles. The Kier molecular flexibility index (Phi) is 8.39. The quantitative estimate of drug-likeness (QED) is 0.259. The molecule has 8 heteroatoms. The highest BCUT2D eigenvalue weighted by Crippen LogP contribution is 2.33. The van der Waals surface area contributed by atoms with Gasteiger partial charge in [0.2, 0.25) is 5.82 Å². The predicted octanol–water partition coefficient (Wildman–Crippen LogP) is 5.11. The van der Waals surface area contributed by atoms with Crippen LogP contribution in [0.2, 0.25) is 0 Å². The van der Waals surface area contributed by atoms with Crippen molar-refractivity contribution in [1.29, 1.82) is 0 Å². The largest absolute Gasteiger partial charge is 0.490 e. The maximum atomic E-state index is 5.73. The minimum absolute atomic E-state index is 0.441. The summed E-state index contributed by atoms with van der Waals surface area (Å²) in [7, 11) is 0. The normalized spacial score (nSPS) is 11.5. The fraction of sp³-hybridized carbons (Fsp3) is 0.407. The van der Waals surface area contributed by atoms with E-state index in [1.54, 1.807) is 0 Å². The standard InChI is InChI=1S/C27H35N5O3/c1-5-32(6-2)14-13-28-17-21-18-29-23-11-9-19(15-22(21)23)26-30-27(35-31-26)20-10-12-24(33-7-3)25(16-20)34-8-4/h9-12,15-16,18,28-29H,5-8,13-14,17H2,1-4H3. The van der Waals surface area contributed by atoms with Crippen LogP contribution in [0.15, 0.2) is 47.1 Å². The van der Waals surface area contributed by atoms with Gasteiger partial charge in [-0.2, -0.15) is 4.98 Å². The maximum Gasteiger partial charge on any atom is 0.258 e. The molecule has 4 aromatic rings. The van der Waals surface area contributed by atoms with Crippen LogP contribution in [-0.2, 0) is 6.54 Å². The third kappa shape index (κ3) is 5.83. The van der Waals surface area contributed by atoms with Gasteiger partial charge in [0, 0.05) is 47.9 Å². The lowest BCUT2D eigenvalue weighted by Crippen LogP contribution is -2.31. The second-order valence-electron chi connectivity index (χ2n) is 8.23. The van der Waals surface area contributed by atoms with Gasteiger partial charge in [-0.3, -0.25) is 0 Å². The lowest BCUT2D eigenvalue weighted by atomic mass is 10.1. The van der Waals surface area contributed by atoms with E-state index in [4.69, 9.17) is 14.0 Å². The first-order valence-electron chi connectivity index (χ1n) is 12.4. The number of benzene rings is 2. The Bertz CT molecular complexity index is 1230. The second-order valence-corrected chi connectivity index (χ2v) is 8.23. The maximum absolute atomic E-state index is 5.73. The van der Waals surface area contributed by atoms with Crippen LogP contribution in [0.25, 0.3) is 33.7 Å². The molecule has 4 rings (SSSR count). The summed E-state index contributed by atoms with van der Waals surface area (Å²) < 4.78 is 17.0. The van der Waals surface area contributed by atoms with Crippen molar-refractivity contribution in [2.45, 2.75) is 34.2 Å². The number of H-pyrrole nitrogens is 1. The summed E-state index contributed by atoms with van der Waals surface area (Å²) >= 11 is 0. The number of hydrogen-bond acceptors (Lipinski definition) is 7. The van der Waals surface area contributed by atoms with E-state index >= 15 is 0 Å². The number of likely N-dealkylation sites (N-methyl/N-ethyl adjacent to an activating group) is 1. The molecule has 2 aromatic carbocycles. The van der Waals surface area contributed by atoms with Gasteiger partial charge in [0.25, 0.3) is 5.89 Å². The number of nitrogens with one attached hydrogen (secondary N) is 2. The minimum atomic E-state index is 0.441. The van der Waals surface area contributed by atoms with Crippen molar-refractivity contribution in [3.05, 3.63) is 48.2 Å². The Hall–Kier alpha value is -3.36. The van der Waals surface area contributed by atoms with Crippen LogP contribution < -0.4 is 14.8 Å². The van der Waals surface area contributed by atoms with Gasteiger partial charge in [-0.25, -0.2) is 0 Å². The molecular formula is C27H35N5O3. The highest BCUT2D eigenvalue weighted by Gasteiger charge is 2.15. The van der Waals surface area contributed by atoms with Crippen molar-refractivity contribution in [2.75, 3.05) is 39.4 Å². The van der Waals surface area contributed by atoms with Crippen LogP contribution >= 0.6 is 0 Å². The molecule has 0 radical (unpaired) electrons. The van der Waals surface area contributed by atoms with Crippen molar-refractivity contribution in [1.82, 2.24) is 25.3 Å². The van der Waals surface area contributed by atoms with Gasteiger partial charge in [0.05, 0.1) is 13.2 Å². The molecule has 0 fully saturated rings. The molecule has 35 heavy (non-hydrogen) atoms. The van der Waals surface area contributed by atoms with Crippen molar-refractivity contribution in [3.63, 3.8) is 0 Å². The summed E-state index contributed by atoms with van der Waals surface area (Å²) in [4.78, 5) is 10.4. The van der Waals surface area contributed by atoms with Crippen molar-refractivity contribution in [2.24, 2.45) is 0 Å². The molecule has 186 valence electrons. The first-order valence-corrected chi connectivity index (χ1v) is 12.4. The summed E-state index contributed by atoms with van der Waals surface area (Å²) in [5.41, 5.74) is 4.01. The number of nitrogens with zero attached hydrogens (tertiary/aromatic N) is 3. The number of fused-ring (bicyclic) bond motifs is 1. The van der Waals surface area contributed by atoms with Gasteiger partial charge >= 0.3 is 0 Å².